The van der Waals surface area contributed by atoms with Crippen molar-refractivity contribution in [2.75, 3.05) is 6.61 Å². The average Bonchev–Trinajstić information content (AvgIpc) is 2.62. The van der Waals surface area contributed by atoms with E-state index in [-0.39, 0.29) is 46.5 Å². The summed E-state index contributed by atoms with van der Waals surface area (Å²) in [7, 11) is 0. The third-order valence-electron chi connectivity index (χ3n) is 3.59. The van der Waals surface area contributed by atoms with Crippen molar-refractivity contribution < 1.29 is 38.8 Å². The van der Waals surface area contributed by atoms with Gasteiger partial charge in [0.1, 0.15) is 17.3 Å². The van der Waals surface area contributed by atoms with Crippen LogP contribution in [-0.4, -0.2) is 40.2 Å². The summed E-state index contributed by atoms with van der Waals surface area (Å²) in [5.41, 5.74) is -1.03. The molecule has 0 aliphatic heterocycles. The number of phenolic OH excluding ortho intramolecular Hbond substituents is 2. The third-order valence-corrected chi connectivity index (χ3v) is 3.59. The Hall–Kier alpha value is -3.68. The molecule has 0 heterocycles. The van der Waals surface area contributed by atoms with Crippen molar-refractivity contribution in [3.63, 3.8) is 0 Å². The van der Waals surface area contributed by atoms with Crippen LogP contribution in [0.5, 0.6) is 11.5 Å². The Kier molecular flexibility index (Phi) is 5.92. The third kappa shape index (κ3) is 4.30. The van der Waals surface area contributed by atoms with Crippen LogP contribution in [0.25, 0.3) is 16.7 Å². The number of ether oxygens (including phenoxy) is 1. The average molecular weight is 374 g/mol. The smallest absolute Gasteiger partial charge is 0.338 e. The number of hydrogen-bond acceptors (Lipinski definition) is 6. The summed E-state index contributed by atoms with van der Waals surface area (Å²) in [4.78, 5) is 34.5. The fourth-order valence-corrected chi connectivity index (χ4v) is 2.42. The Balaban J connectivity index is 2.78. The molecule has 0 amide bonds. The molecule has 3 N–H and O–H groups in total. The van der Waals surface area contributed by atoms with Crippen LogP contribution >= 0.6 is 0 Å². The molecule has 0 unspecified atom stereocenters. The number of carboxylic acids is 1. The molecule has 7 nitrogen and oxygen atoms in total. The molecule has 0 aliphatic carbocycles. The maximum absolute atomic E-state index is 13.6. The first-order chi connectivity index (χ1) is 12.8. The summed E-state index contributed by atoms with van der Waals surface area (Å²) in [6.45, 7) is 1.51. The van der Waals surface area contributed by atoms with Crippen LogP contribution in [0.4, 0.5) is 4.39 Å². The second-order valence-electron chi connectivity index (χ2n) is 5.36. The number of benzene rings is 2. The van der Waals surface area contributed by atoms with Crippen molar-refractivity contribution in [3.05, 3.63) is 53.4 Å². The fraction of sp³-hybridized carbons (Fsp3) is 0.105. The summed E-state index contributed by atoms with van der Waals surface area (Å²) in [6, 6.07) is 5.22. The number of phenols is 2. The number of carbonyl (C=O) groups is 3. The number of aromatic hydroxyl groups is 2. The van der Waals surface area contributed by atoms with Crippen LogP contribution in [0.2, 0.25) is 0 Å². The van der Waals surface area contributed by atoms with Gasteiger partial charge < -0.3 is 20.1 Å². The number of carbonyl (C=O) groups excluding carboxylic acids is 2. The van der Waals surface area contributed by atoms with Gasteiger partial charge in [0.25, 0.3) is 0 Å². The van der Waals surface area contributed by atoms with Gasteiger partial charge in [-0.1, -0.05) is 0 Å². The topological polar surface area (TPSA) is 121 Å². The van der Waals surface area contributed by atoms with Crippen LogP contribution in [0.15, 0.2) is 36.4 Å². The maximum atomic E-state index is 13.6. The lowest BCUT2D eigenvalue weighted by Gasteiger charge is -2.13. The number of esters is 1. The minimum atomic E-state index is -1.44. The fourth-order valence-electron chi connectivity index (χ4n) is 2.42. The first-order valence-corrected chi connectivity index (χ1v) is 7.71. The highest BCUT2D eigenvalue weighted by Gasteiger charge is 2.21. The van der Waals surface area contributed by atoms with E-state index in [9.17, 15) is 29.0 Å². The molecule has 0 fully saturated rings. The minimum Gasteiger partial charge on any atom is -0.507 e. The van der Waals surface area contributed by atoms with Crippen molar-refractivity contribution in [1.29, 1.82) is 0 Å². The Morgan fingerprint density at radius 3 is 2.44 bits per heavy atom. The SMILES string of the molecule is CCOC(=O)C(=CC(=O)O)c1cc(C=O)c(O)c(-c2cc(F)ccc2O)c1. The molecular formula is C19H15FO7. The molecule has 0 atom stereocenters. The van der Waals surface area contributed by atoms with Gasteiger partial charge in [-0.3, -0.25) is 4.79 Å². The zero-order valence-electron chi connectivity index (χ0n) is 14.1. The van der Waals surface area contributed by atoms with E-state index in [1.807, 2.05) is 0 Å². The Morgan fingerprint density at radius 1 is 1.15 bits per heavy atom. The summed E-state index contributed by atoms with van der Waals surface area (Å²) in [6.07, 6.45) is 0.871. The monoisotopic (exact) mass is 374 g/mol. The molecule has 2 rings (SSSR count). The van der Waals surface area contributed by atoms with Gasteiger partial charge in [0.15, 0.2) is 6.29 Å². The molecular weight excluding hydrogens is 359 g/mol. The van der Waals surface area contributed by atoms with E-state index in [0.29, 0.717) is 6.08 Å². The zero-order chi connectivity index (χ0) is 20.1. The summed E-state index contributed by atoms with van der Waals surface area (Å²) in [5, 5.41) is 29.3. The van der Waals surface area contributed by atoms with E-state index in [1.165, 1.54) is 6.92 Å². The van der Waals surface area contributed by atoms with Crippen molar-refractivity contribution in [2.24, 2.45) is 0 Å². The number of aliphatic carboxylic acids is 1. The second kappa shape index (κ2) is 8.13. The Labute approximate surface area is 152 Å². The first-order valence-electron chi connectivity index (χ1n) is 7.71. The van der Waals surface area contributed by atoms with Crippen LogP contribution in [0, 0.1) is 5.82 Å². The largest absolute Gasteiger partial charge is 0.507 e. The van der Waals surface area contributed by atoms with Crippen LogP contribution < -0.4 is 0 Å². The van der Waals surface area contributed by atoms with E-state index in [0.717, 1.165) is 30.3 Å². The normalized spacial score (nSPS) is 11.1. The molecule has 0 saturated heterocycles. The molecule has 0 saturated carbocycles. The van der Waals surface area contributed by atoms with Gasteiger partial charge in [0.05, 0.1) is 17.7 Å². The predicted octanol–water partition coefficient (Wildman–Crippen LogP) is 2.75. The van der Waals surface area contributed by atoms with Gasteiger partial charge >= 0.3 is 11.9 Å². The van der Waals surface area contributed by atoms with Gasteiger partial charge in [-0.05, 0) is 42.8 Å². The lowest BCUT2D eigenvalue weighted by molar-refractivity contribution is -0.137. The van der Waals surface area contributed by atoms with E-state index in [1.54, 1.807) is 0 Å². The van der Waals surface area contributed by atoms with E-state index in [2.05, 4.69) is 0 Å². The molecule has 2 aromatic rings. The van der Waals surface area contributed by atoms with Gasteiger partial charge in [0, 0.05) is 17.2 Å². The molecule has 140 valence electrons. The van der Waals surface area contributed by atoms with Gasteiger partial charge in [-0.2, -0.15) is 0 Å². The molecule has 0 spiro atoms. The number of hydrogen-bond donors (Lipinski definition) is 3. The highest BCUT2D eigenvalue weighted by atomic mass is 19.1. The summed E-state index contributed by atoms with van der Waals surface area (Å²) < 4.78 is 18.4. The van der Waals surface area contributed by atoms with Gasteiger partial charge in [0.2, 0.25) is 0 Å². The minimum absolute atomic E-state index is 0.0219. The van der Waals surface area contributed by atoms with Crippen LogP contribution in [0.1, 0.15) is 22.8 Å². The number of carboxylic acid groups (broad SMARTS) is 1. The lowest BCUT2D eigenvalue weighted by atomic mass is 9.94. The quantitative estimate of drug-likeness (QED) is 0.404. The molecule has 27 heavy (non-hydrogen) atoms. The zero-order valence-corrected chi connectivity index (χ0v) is 14.1. The molecule has 2 aromatic carbocycles. The molecule has 8 heteroatoms. The number of halogens is 1. The van der Waals surface area contributed by atoms with E-state index in [4.69, 9.17) is 9.84 Å². The predicted molar refractivity (Wildman–Crippen MR) is 92.8 cm³/mol. The highest BCUT2D eigenvalue weighted by molar-refractivity contribution is 6.21. The van der Waals surface area contributed by atoms with Crippen LogP contribution in [0.3, 0.4) is 0 Å². The summed E-state index contributed by atoms with van der Waals surface area (Å²) >= 11 is 0. The Morgan fingerprint density at radius 2 is 1.85 bits per heavy atom. The second-order valence-corrected chi connectivity index (χ2v) is 5.36. The van der Waals surface area contributed by atoms with Crippen LogP contribution in [-0.2, 0) is 14.3 Å². The van der Waals surface area contributed by atoms with Crippen molar-refractivity contribution in [2.45, 2.75) is 6.92 Å². The maximum Gasteiger partial charge on any atom is 0.338 e. The van der Waals surface area contributed by atoms with Crippen molar-refractivity contribution in [1.82, 2.24) is 0 Å². The first kappa shape index (κ1) is 19.6. The van der Waals surface area contributed by atoms with Crippen molar-refractivity contribution >= 4 is 23.8 Å². The summed E-state index contributed by atoms with van der Waals surface area (Å²) in [5.74, 6) is -4.06. The molecule has 0 radical (unpaired) electrons. The van der Waals surface area contributed by atoms with Crippen molar-refractivity contribution in [3.8, 4) is 22.6 Å². The molecule has 0 aliphatic rings. The Bertz CT molecular complexity index is 947. The highest BCUT2D eigenvalue weighted by Crippen LogP contribution is 2.39. The van der Waals surface area contributed by atoms with Gasteiger partial charge in [-0.15, -0.1) is 0 Å². The standard InChI is InChI=1S/C19H15FO7/c1-2-27-19(26)13(8-17(23)24)10-5-11(9-21)18(25)15(6-10)14-7-12(20)3-4-16(14)22/h3-9,22,25H,2H2,1H3,(H,23,24). The number of rotatable bonds is 6. The number of aldehydes is 1. The van der Waals surface area contributed by atoms with E-state index < -0.39 is 23.5 Å². The van der Waals surface area contributed by atoms with Gasteiger partial charge in [-0.25, -0.2) is 14.0 Å². The van der Waals surface area contributed by atoms with E-state index >= 15 is 0 Å². The lowest BCUT2D eigenvalue weighted by Crippen LogP contribution is -2.09. The molecule has 0 aromatic heterocycles. The molecule has 0 bridgehead atoms.